The molecule has 1 aromatic rings. The van der Waals surface area contributed by atoms with E-state index in [9.17, 15) is 9.90 Å². The number of carbonyl (C=O) groups excluding carboxylic acids is 1. The van der Waals surface area contributed by atoms with E-state index in [1.807, 2.05) is 23.1 Å². The van der Waals surface area contributed by atoms with E-state index >= 15 is 0 Å². The summed E-state index contributed by atoms with van der Waals surface area (Å²) in [5.74, 6) is 1.70. The maximum absolute atomic E-state index is 12.3. The van der Waals surface area contributed by atoms with Crippen LogP contribution >= 0.6 is 0 Å². The summed E-state index contributed by atoms with van der Waals surface area (Å²) in [4.78, 5) is 16.4. The van der Waals surface area contributed by atoms with Gasteiger partial charge < -0.3 is 19.5 Å². The Hall–Kier alpha value is -1.79. The molecule has 6 heteroatoms. The van der Waals surface area contributed by atoms with Gasteiger partial charge in [0.2, 0.25) is 0 Å². The molecule has 1 aromatic carbocycles. The van der Waals surface area contributed by atoms with Crippen LogP contribution in [0.5, 0.6) is 11.5 Å². The van der Waals surface area contributed by atoms with Crippen molar-refractivity contribution in [3.63, 3.8) is 0 Å². The van der Waals surface area contributed by atoms with Crippen LogP contribution in [0.2, 0.25) is 0 Å². The molecule has 1 aliphatic heterocycles. The van der Waals surface area contributed by atoms with Crippen LogP contribution in [0, 0.1) is 5.92 Å². The van der Waals surface area contributed by atoms with Crippen LogP contribution in [0.1, 0.15) is 12.8 Å². The zero-order valence-corrected chi connectivity index (χ0v) is 14.2. The van der Waals surface area contributed by atoms with E-state index in [1.54, 1.807) is 13.2 Å². The Morgan fingerprint density at radius 1 is 1.21 bits per heavy atom. The smallest absolute Gasteiger partial charge is 0.260 e. The molecular weight excluding hydrogens is 308 g/mol. The first-order chi connectivity index (χ1) is 11.7. The molecule has 1 atom stereocenters. The van der Waals surface area contributed by atoms with Crippen molar-refractivity contribution in [3.8, 4) is 11.5 Å². The molecule has 1 amide bonds. The van der Waals surface area contributed by atoms with Crippen LogP contribution in [0.4, 0.5) is 0 Å². The fourth-order valence-corrected chi connectivity index (χ4v) is 3.04. The van der Waals surface area contributed by atoms with E-state index in [0.29, 0.717) is 30.5 Å². The number of aliphatic hydroxyl groups excluding tert-OH is 1. The maximum atomic E-state index is 12.3. The number of piperazine rings is 1. The molecule has 1 heterocycles. The second-order valence-electron chi connectivity index (χ2n) is 6.53. The molecule has 24 heavy (non-hydrogen) atoms. The SMILES string of the molecule is COc1ccccc1OCC(=O)N1CCN(C[C@H](O)C2CC2)CC1. The molecule has 1 saturated heterocycles. The largest absolute Gasteiger partial charge is 0.493 e. The number of hydrogen-bond acceptors (Lipinski definition) is 5. The number of nitrogens with zero attached hydrogens (tertiary/aromatic N) is 2. The molecule has 132 valence electrons. The Labute approximate surface area is 143 Å². The molecule has 2 aliphatic rings. The van der Waals surface area contributed by atoms with E-state index in [-0.39, 0.29) is 18.6 Å². The Kier molecular flexibility index (Phi) is 5.58. The normalized spacial score (nSPS) is 19.8. The number of β-amino-alcohol motifs (C(OH)–C–C–N with tert-alkyl or cyclic N) is 1. The van der Waals surface area contributed by atoms with Crippen molar-refractivity contribution in [1.29, 1.82) is 0 Å². The molecule has 1 aliphatic carbocycles. The first-order valence-corrected chi connectivity index (χ1v) is 8.61. The lowest BCUT2D eigenvalue weighted by molar-refractivity contribution is -0.135. The first-order valence-electron chi connectivity index (χ1n) is 8.61. The summed E-state index contributed by atoms with van der Waals surface area (Å²) >= 11 is 0. The van der Waals surface area contributed by atoms with Crippen LogP contribution in [0.15, 0.2) is 24.3 Å². The van der Waals surface area contributed by atoms with Gasteiger partial charge in [-0.2, -0.15) is 0 Å². The summed E-state index contributed by atoms with van der Waals surface area (Å²) < 4.78 is 10.8. The van der Waals surface area contributed by atoms with Gasteiger partial charge in [0, 0.05) is 32.7 Å². The van der Waals surface area contributed by atoms with Gasteiger partial charge in [0.15, 0.2) is 18.1 Å². The lowest BCUT2D eigenvalue weighted by atomic mass is 10.2. The fourth-order valence-electron chi connectivity index (χ4n) is 3.04. The highest BCUT2D eigenvalue weighted by Gasteiger charge is 2.32. The quantitative estimate of drug-likeness (QED) is 0.806. The minimum atomic E-state index is -0.207. The van der Waals surface area contributed by atoms with Crippen molar-refractivity contribution in [2.45, 2.75) is 18.9 Å². The molecule has 6 nitrogen and oxygen atoms in total. The van der Waals surface area contributed by atoms with E-state index in [4.69, 9.17) is 9.47 Å². The van der Waals surface area contributed by atoms with E-state index in [1.165, 1.54) is 0 Å². The van der Waals surface area contributed by atoms with Gasteiger partial charge in [-0.1, -0.05) is 12.1 Å². The second-order valence-corrected chi connectivity index (χ2v) is 6.53. The van der Waals surface area contributed by atoms with Crippen LogP contribution in [-0.4, -0.2) is 73.4 Å². The summed E-state index contributed by atoms with van der Waals surface area (Å²) in [6.45, 7) is 3.74. The van der Waals surface area contributed by atoms with Crippen LogP contribution < -0.4 is 9.47 Å². The summed E-state index contributed by atoms with van der Waals surface area (Å²) in [6, 6.07) is 7.32. The Balaban J connectivity index is 1.41. The first kappa shape index (κ1) is 17.0. The molecule has 1 N–H and O–H groups in total. The third kappa shape index (κ3) is 4.39. The minimum Gasteiger partial charge on any atom is -0.493 e. The summed E-state index contributed by atoms with van der Waals surface area (Å²) in [7, 11) is 1.58. The number of hydrogen-bond donors (Lipinski definition) is 1. The zero-order chi connectivity index (χ0) is 16.9. The Bertz CT molecular complexity index is 554. The van der Waals surface area contributed by atoms with Gasteiger partial charge >= 0.3 is 0 Å². The lowest BCUT2D eigenvalue weighted by Crippen LogP contribution is -2.51. The third-order valence-corrected chi connectivity index (χ3v) is 4.76. The fraction of sp³-hybridized carbons (Fsp3) is 0.611. The van der Waals surface area contributed by atoms with Crippen molar-refractivity contribution < 1.29 is 19.4 Å². The number of rotatable bonds is 7. The second kappa shape index (κ2) is 7.85. The predicted molar refractivity (Wildman–Crippen MR) is 90.2 cm³/mol. The lowest BCUT2D eigenvalue weighted by Gasteiger charge is -2.35. The third-order valence-electron chi connectivity index (χ3n) is 4.76. The van der Waals surface area contributed by atoms with Gasteiger partial charge in [-0.15, -0.1) is 0 Å². The average Bonchev–Trinajstić information content (AvgIpc) is 3.45. The molecule has 3 rings (SSSR count). The number of carbonyl (C=O) groups is 1. The molecular formula is C18H26N2O4. The monoisotopic (exact) mass is 334 g/mol. The van der Waals surface area contributed by atoms with Gasteiger partial charge in [-0.25, -0.2) is 0 Å². The number of amides is 1. The number of para-hydroxylation sites is 2. The van der Waals surface area contributed by atoms with E-state index in [0.717, 1.165) is 32.5 Å². The molecule has 0 aromatic heterocycles. The number of aliphatic hydroxyl groups is 1. The summed E-state index contributed by atoms with van der Waals surface area (Å²) in [6.07, 6.45) is 2.10. The van der Waals surface area contributed by atoms with Crippen molar-refractivity contribution in [2.24, 2.45) is 5.92 Å². The van der Waals surface area contributed by atoms with Crippen LogP contribution in [0.25, 0.3) is 0 Å². The highest BCUT2D eigenvalue weighted by atomic mass is 16.5. The van der Waals surface area contributed by atoms with Crippen molar-refractivity contribution in [3.05, 3.63) is 24.3 Å². The van der Waals surface area contributed by atoms with E-state index in [2.05, 4.69) is 4.90 Å². The van der Waals surface area contributed by atoms with Gasteiger partial charge in [-0.05, 0) is 30.9 Å². The highest BCUT2D eigenvalue weighted by molar-refractivity contribution is 5.78. The van der Waals surface area contributed by atoms with Gasteiger partial charge in [0.25, 0.3) is 5.91 Å². The van der Waals surface area contributed by atoms with E-state index < -0.39 is 0 Å². The van der Waals surface area contributed by atoms with Crippen molar-refractivity contribution in [1.82, 2.24) is 9.80 Å². The van der Waals surface area contributed by atoms with Gasteiger partial charge in [0.1, 0.15) is 0 Å². The topological polar surface area (TPSA) is 62.2 Å². The minimum absolute atomic E-state index is 0.0108. The predicted octanol–water partition coefficient (Wildman–Crippen LogP) is 0.989. The molecule has 0 radical (unpaired) electrons. The Morgan fingerprint density at radius 3 is 2.50 bits per heavy atom. The van der Waals surface area contributed by atoms with Gasteiger partial charge in [0.05, 0.1) is 13.2 Å². The summed E-state index contributed by atoms with van der Waals surface area (Å²) in [5, 5.41) is 10.0. The molecule has 0 unspecified atom stereocenters. The van der Waals surface area contributed by atoms with Crippen LogP contribution in [0.3, 0.4) is 0 Å². The zero-order valence-electron chi connectivity index (χ0n) is 14.2. The average molecular weight is 334 g/mol. The standard InChI is InChI=1S/C18H26N2O4/c1-23-16-4-2-3-5-17(16)24-13-18(22)20-10-8-19(9-11-20)12-15(21)14-6-7-14/h2-5,14-15,21H,6-13H2,1H3/t15-/m0/s1. The summed E-state index contributed by atoms with van der Waals surface area (Å²) in [5.41, 5.74) is 0. The maximum Gasteiger partial charge on any atom is 0.260 e. The van der Waals surface area contributed by atoms with Crippen molar-refractivity contribution in [2.75, 3.05) is 46.4 Å². The van der Waals surface area contributed by atoms with Crippen molar-refractivity contribution >= 4 is 5.91 Å². The number of ether oxygens (including phenoxy) is 2. The number of benzene rings is 1. The molecule has 0 bridgehead atoms. The molecule has 0 spiro atoms. The highest BCUT2D eigenvalue weighted by Crippen LogP contribution is 2.33. The number of methoxy groups -OCH3 is 1. The van der Waals surface area contributed by atoms with Gasteiger partial charge in [-0.3, -0.25) is 9.69 Å². The Morgan fingerprint density at radius 2 is 1.88 bits per heavy atom. The molecule has 1 saturated carbocycles. The molecule has 2 fully saturated rings. The van der Waals surface area contributed by atoms with Crippen LogP contribution in [-0.2, 0) is 4.79 Å².